The van der Waals surface area contributed by atoms with E-state index >= 15 is 0 Å². The number of carbonyl (C=O) groups excluding carboxylic acids is 1. The number of urea groups is 1. The molecule has 0 fully saturated rings. The molecule has 1 aromatic heterocycles. The van der Waals surface area contributed by atoms with Crippen LogP contribution < -0.4 is 14.8 Å². The number of aromatic nitrogens is 1. The highest BCUT2D eigenvalue weighted by atomic mass is 16.5. The number of nitrogens with one attached hydrogen (secondary N) is 1. The van der Waals surface area contributed by atoms with Crippen LogP contribution in [0.25, 0.3) is 0 Å². The normalized spacial score (nSPS) is 15.5. The van der Waals surface area contributed by atoms with Crippen molar-refractivity contribution < 1.29 is 14.3 Å². The van der Waals surface area contributed by atoms with Crippen LogP contribution in [0.2, 0.25) is 0 Å². The molecule has 4 rings (SSSR count). The number of amides is 2. The molecule has 3 aromatic rings. The first-order valence-corrected chi connectivity index (χ1v) is 9.68. The van der Waals surface area contributed by atoms with Gasteiger partial charge in [-0.05, 0) is 36.2 Å². The van der Waals surface area contributed by atoms with Crippen molar-refractivity contribution in [1.82, 2.24) is 9.47 Å². The molecule has 1 aliphatic rings. The van der Waals surface area contributed by atoms with Crippen molar-refractivity contribution in [1.29, 1.82) is 0 Å². The SMILES string of the molecule is COc1ccc(NC(=O)N2CCn3cccc3[C@H]2Cc2ccccc2)cc1OC. The standard InChI is InChI=1S/C23H25N3O3/c1-28-21-11-10-18(16-22(21)29-2)24-23(27)26-14-13-25-12-6-9-19(25)20(26)15-17-7-4-3-5-8-17/h3-12,16,20H,13-15H2,1-2H3,(H,24,27)/t20-/m1/s1. The van der Waals surface area contributed by atoms with Crippen LogP contribution in [0.5, 0.6) is 11.5 Å². The third-order valence-corrected chi connectivity index (χ3v) is 5.33. The number of benzene rings is 2. The quantitative estimate of drug-likeness (QED) is 0.704. The minimum Gasteiger partial charge on any atom is -0.493 e. The Labute approximate surface area is 170 Å². The fraction of sp³-hybridized carbons (Fsp3) is 0.261. The highest BCUT2D eigenvalue weighted by Gasteiger charge is 2.31. The van der Waals surface area contributed by atoms with Crippen LogP contribution >= 0.6 is 0 Å². The molecule has 2 amide bonds. The maximum Gasteiger partial charge on any atom is 0.322 e. The second-order valence-electron chi connectivity index (χ2n) is 7.03. The first kappa shape index (κ1) is 18.9. The number of carbonyl (C=O) groups is 1. The van der Waals surface area contributed by atoms with E-state index in [1.165, 1.54) is 5.56 Å². The zero-order valence-corrected chi connectivity index (χ0v) is 16.7. The number of hydrogen-bond acceptors (Lipinski definition) is 3. The lowest BCUT2D eigenvalue weighted by molar-refractivity contribution is 0.167. The zero-order valence-electron chi connectivity index (χ0n) is 16.7. The van der Waals surface area contributed by atoms with Gasteiger partial charge in [-0.3, -0.25) is 0 Å². The third-order valence-electron chi connectivity index (χ3n) is 5.33. The van der Waals surface area contributed by atoms with Crippen molar-refractivity contribution in [2.24, 2.45) is 0 Å². The summed E-state index contributed by atoms with van der Waals surface area (Å²) in [4.78, 5) is 15.1. The minimum atomic E-state index is -0.120. The van der Waals surface area contributed by atoms with Crippen LogP contribution in [0.4, 0.5) is 10.5 Å². The largest absolute Gasteiger partial charge is 0.493 e. The Hall–Kier alpha value is -3.41. The Balaban J connectivity index is 1.58. The zero-order chi connectivity index (χ0) is 20.2. The highest BCUT2D eigenvalue weighted by Crippen LogP contribution is 2.32. The molecule has 0 saturated carbocycles. The van der Waals surface area contributed by atoms with Gasteiger partial charge in [0.1, 0.15) is 0 Å². The highest BCUT2D eigenvalue weighted by molar-refractivity contribution is 5.90. The number of fused-ring (bicyclic) bond motifs is 1. The van der Waals surface area contributed by atoms with E-state index in [0.29, 0.717) is 23.7 Å². The Morgan fingerprint density at radius 3 is 2.55 bits per heavy atom. The van der Waals surface area contributed by atoms with Crippen LogP contribution in [0.15, 0.2) is 66.9 Å². The summed E-state index contributed by atoms with van der Waals surface area (Å²) in [6, 6.07) is 19.7. The summed E-state index contributed by atoms with van der Waals surface area (Å²) in [5.74, 6) is 1.21. The van der Waals surface area contributed by atoms with Gasteiger partial charge in [-0.25, -0.2) is 4.79 Å². The summed E-state index contributed by atoms with van der Waals surface area (Å²) in [5.41, 5.74) is 3.03. The molecular weight excluding hydrogens is 366 g/mol. The average Bonchev–Trinajstić information content (AvgIpc) is 3.24. The number of rotatable bonds is 5. The van der Waals surface area contributed by atoms with E-state index in [1.807, 2.05) is 35.2 Å². The topological polar surface area (TPSA) is 55.7 Å². The van der Waals surface area contributed by atoms with Gasteiger partial charge in [-0.1, -0.05) is 30.3 Å². The van der Waals surface area contributed by atoms with Crippen LogP contribution in [-0.2, 0) is 13.0 Å². The summed E-state index contributed by atoms with van der Waals surface area (Å²) in [7, 11) is 3.17. The van der Waals surface area contributed by atoms with Crippen molar-refractivity contribution in [2.75, 3.05) is 26.1 Å². The first-order chi connectivity index (χ1) is 14.2. The molecule has 0 bridgehead atoms. The molecule has 150 valence electrons. The van der Waals surface area contributed by atoms with E-state index in [9.17, 15) is 4.79 Å². The summed E-state index contributed by atoms with van der Waals surface area (Å²) in [6.07, 6.45) is 2.85. The summed E-state index contributed by atoms with van der Waals surface area (Å²) in [6.45, 7) is 1.44. The maximum absolute atomic E-state index is 13.2. The van der Waals surface area contributed by atoms with Gasteiger partial charge in [0, 0.05) is 36.7 Å². The molecule has 2 heterocycles. The van der Waals surface area contributed by atoms with Gasteiger partial charge in [0.2, 0.25) is 0 Å². The lowest BCUT2D eigenvalue weighted by Crippen LogP contribution is -2.44. The van der Waals surface area contributed by atoms with Crippen LogP contribution in [-0.4, -0.2) is 36.3 Å². The molecule has 0 spiro atoms. The molecule has 6 nitrogen and oxygen atoms in total. The van der Waals surface area contributed by atoms with Crippen LogP contribution in [0.1, 0.15) is 17.3 Å². The summed E-state index contributed by atoms with van der Waals surface area (Å²) < 4.78 is 12.9. The van der Waals surface area contributed by atoms with E-state index in [1.54, 1.807) is 26.4 Å². The van der Waals surface area contributed by atoms with Crippen molar-refractivity contribution >= 4 is 11.7 Å². The summed E-state index contributed by atoms with van der Waals surface area (Å²) >= 11 is 0. The smallest absolute Gasteiger partial charge is 0.322 e. The molecule has 1 atom stereocenters. The Morgan fingerprint density at radius 1 is 1.00 bits per heavy atom. The fourth-order valence-corrected chi connectivity index (χ4v) is 3.87. The van der Waals surface area contributed by atoms with Crippen molar-refractivity contribution in [2.45, 2.75) is 19.0 Å². The lowest BCUT2D eigenvalue weighted by Gasteiger charge is -2.37. The van der Waals surface area contributed by atoms with Crippen LogP contribution in [0, 0.1) is 0 Å². The predicted molar refractivity (Wildman–Crippen MR) is 113 cm³/mol. The number of anilines is 1. The van der Waals surface area contributed by atoms with Crippen LogP contribution in [0.3, 0.4) is 0 Å². The number of nitrogens with zero attached hydrogens (tertiary/aromatic N) is 2. The molecule has 0 aliphatic carbocycles. The van der Waals surface area contributed by atoms with E-state index in [-0.39, 0.29) is 12.1 Å². The monoisotopic (exact) mass is 391 g/mol. The predicted octanol–water partition coefficient (Wildman–Crippen LogP) is 4.34. The first-order valence-electron chi connectivity index (χ1n) is 9.68. The van der Waals surface area contributed by atoms with Gasteiger partial charge in [0.25, 0.3) is 0 Å². The molecule has 0 unspecified atom stereocenters. The number of methoxy groups -OCH3 is 2. The number of hydrogen-bond donors (Lipinski definition) is 1. The second-order valence-corrected chi connectivity index (χ2v) is 7.03. The van der Waals surface area contributed by atoms with E-state index < -0.39 is 0 Å². The second kappa shape index (κ2) is 8.31. The van der Waals surface area contributed by atoms with E-state index in [0.717, 1.165) is 18.7 Å². The van der Waals surface area contributed by atoms with Gasteiger partial charge in [-0.15, -0.1) is 0 Å². The van der Waals surface area contributed by atoms with Crippen molar-refractivity contribution in [3.63, 3.8) is 0 Å². The third kappa shape index (κ3) is 3.92. The van der Waals surface area contributed by atoms with E-state index in [2.05, 4.69) is 34.3 Å². The van der Waals surface area contributed by atoms with Gasteiger partial charge in [0.15, 0.2) is 11.5 Å². The van der Waals surface area contributed by atoms with Gasteiger partial charge in [-0.2, -0.15) is 0 Å². The molecule has 0 radical (unpaired) electrons. The van der Waals surface area contributed by atoms with Gasteiger partial charge in [0.05, 0.1) is 20.3 Å². The lowest BCUT2D eigenvalue weighted by atomic mass is 10.0. The van der Waals surface area contributed by atoms with Gasteiger partial charge >= 0.3 is 6.03 Å². The Morgan fingerprint density at radius 2 is 1.79 bits per heavy atom. The molecule has 1 N–H and O–H groups in total. The molecule has 2 aromatic carbocycles. The number of ether oxygens (including phenoxy) is 2. The molecule has 29 heavy (non-hydrogen) atoms. The molecule has 0 saturated heterocycles. The Kier molecular flexibility index (Phi) is 5.42. The van der Waals surface area contributed by atoms with Crippen molar-refractivity contribution in [3.8, 4) is 11.5 Å². The molecular formula is C23H25N3O3. The average molecular weight is 391 g/mol. The molecule has 6 heteroatoms. The summed E-state index contributed by atoms with van der Waals surface area (Å²) in [5, 5.41) is 3.02. The molecule has 1 aliphatic heterocycles. The Bertz CT molecular complexity index is 984. The van der Waals surface area contributed by atoms with Gasteiger partial charge < -0.3 is 24.3 Å². The maximum atomic E-state index is 13.2. The van der Waals surface area contributed by atoms with E-state index in [4.69, 9.17) is 9.47 Å². The van der Waals surface area contributed by atoms with Crippen molar-refractivity contribution in [3.05, 3.63) is 78.1 Å². The minimum absolute atomic E-state index is 0.0266. The fourth-order valence-electron chi connectivity index (χ4n) is 3.87.